The number of rotatable bonds is 3. The van der Waals surface area contributed by atoms with Crippen LogP contribution in [0.3, 0.4) is 0 Å². The molecule has 0 aromatic heterocycles. The van der Waals surface area contributed by atoms with Gasteiger partial charge in [0, 0.05) is 31.7 Å². The topological polar surface area (TPSA) is 49.9 Å². The Morgan fingerprint density at radius 2 is 1.81 bits per heavy atom. The molecule has 3 fully saturated rings. The smallest absolute Gasteiger partial charge is 0.228 e. The normalized spacial score (nSPS) is 25.0. The van der Waals surface area contributed by atoms with Crippen molar-refractivity contribution in [2.75, 3.05) is 31.1 Å². The molecule has 3 aliphatic rings. The molecule has 26 heavy (non-hydrogen) atoms. The SMILES string of the molecule is CC(C)c1ccc(N2C[C@@H](C(=O)N3CCC4(CCO4)CC3)CC2=O)cc1. The van der Waals surface area contributed by atoms with Crippen molar-refractivity contribution in [1.29, 1.82) is 0 Å². The minimum Gasteiger partial charge on any atom is -0.375 e. The van der Waals surface area contributed by atoms with Gasteiger partial charge in [0.2, 0.25) is 11.8 Å². The number of piperidine rings is 1. The van der Waals surface area contributed by atoms with Crippen molar-refractivity contribution in [2.45, 2.75) is 51.0 Å². The van der Waals surface area contributed by atoms with Crippen molar-refractivity contribution < 1.29 is 14.3 Å². The molecule has 3 aliphatic heterocycles. The van der Waals surface area contributed by atoms with Gasteiger partial charge in [0.15, 0.2) is 0 Å². The summed E-state index contributed by atoms with van der Waals surface area (Å²) < 4.78 is 5.73. The van der Waals surface area contributed by atoms with E-state index < -0.39 is 0 Å². The van der Waals surface area contributed by atoms with Crippen LogP contribution >= 0.6 is 0 Å². The first kappa shape index (κ1) is 17.5. The summed E-state index contributed by atoms with van der Waals surface area (Å²) >= 11 is 0. The van der Waals surface area contributed by atoms with Gasteiger partial charge in [-0.3, -0.25) is 9.59 Å². The molecule has 0 radical (unpaired) electrons. The maximum Gasteiger partial charge on any atom is 0.228 e. The molecule has 0 bridgehead atoms. The van der Waals surface area contributed by atoms with Gasteiger partial charge in [-0.1, -0.05) is 26.0 Å². The van der Waals surface area contributed by atoms with E-state index in [4.69, 9.17) is 4.74 Å². The Hall–Kier alpha value is -1.88. The number of anilines is 1. The van der Waals surface area contributed by atoms with Crippen molar-refractivity contribution in [3.8, 4) is 0 Å². The molecule has 0 N–H and O–H groups in total. The molecular weight excluding hydrogens is 328 g/mol. The fraction of sp³-hybridized carbons (Fsp3) is 0.619. The Morgan fingerprint density at radius 1 is 1.15 bits per heavy atom. The van der Waals surface area contributed by atoms with Crippen LogP contribution < -0.4 is 4.90 Å². The lowest BCUT2D eigenvalue weighted by molar-refractivity contribution is -0.177. The molecule has 4 rings (SSSR count). The Kier molecular flexibility index (Phi) is 4.51. The summed E-state index contributed by atoms with van der Waals surface area (Å²) in [7, 11) is 0. The number of carbonyl (C=O) groups excluding carboxylic acids is 2. The first-order chi connectivity index (χ1) is 12.5. The van der Waals surface area contributed by atoms with Gasteiger partial charge in [-0.2, -0.15) is 0 Å². The predicted octanol–water partition coefficient (Wildman–Crippen LogP) is 2.94. The van der Waals surface area contributed by atoms with Gasteiger partial charge in [0.25, 0.3) is 0 Å². The summed E-state index contributed by atoms with van der Waals surface area (Å²) in [5.41, 5.74) is 2.20. The quantitative estimate of drug-likeness (QED) is 0.837. The van der Waals surface area contributed by atoms with E-state index in [1.165, 1.54) is 5.56 Å². The highest BCUT2D eigenvalue weighted by Gasteiger charge is 2.44. The van der Waals surface area contributed by atoms with Crippen LogP contribution in [-0.4, -0.2) is 48.6 Å². The van der Waals surface area contributed by atoms with Gasteiger partial charge < -0.3 is 14.5 Å². The molecule has 5 nitrogen and oxygen atoms in total. The lowest BCUT2D eigenvalue weighted by Gasteiger charge is -2.47. The third-order valence-corrected chi connectivity index (χ3v) is 6.30. The molecule has 3 saturated heterocycles. The first-order valence-corrected chi connectivity index (χ1v) is 9.80. The predicted molar refractivity (Wildman–Crippen MR) is 100 cm³/mol. The Morgan fingerprint density at radius 3 is 2.35 bits per heavy atom. The third-order valence-electron chi connectivity index (χ3n) is 6.30. The Bertz CT molecular complexity index is 684. The van der Waals surface area contributed by atoms with Gasteiger partial charge in [0.05, 0.1) is 18.1 Å². The van der Waals surface area contributed by atoms with Crippen LogP contribution in [0.25, 0.3) is 0 Å². The van der Waals surface area contributed by atoms with Crippen LogP contribution in [0.2, 0.25) is 0 Å². The summed E-state index contributed by atoms with van der Waals surface area (Å²) in [4.78, 5) is 29.1. The molecule has 1 aromatic carbocycles. The Balaban J connectivity index is 1.38. The van der Waals surface area contributed by atoms with E-state index in [2.05, 4.69) is 26.0 Å². The fourth-order valence-corrected chi connectivity index (χ4v) is 4.34. The second kappa shape index (κ2) is 6.69. The van der Waals surface area contributed by atoms with E-state index in [0.29, 0.717) is 18.9 Å². The highest BCUT2D eigenvalue weighted by atomic mass is 16.5. The lowest BCUT2D eigenvalue weighted by Crippen LogP contribution is -2.54. The monoisotopic (exact) mass is 356 g/mol. The van der Waals surface area contributed by atoms with Gasteiger partial charge in [-0.25, -0.2) is 0 Å². The van der Waals surface area contributed by atoms with Crippen LogP contribution in [0, 0.1) is 5.92 Å². The number of carbonyl (C=O) groups is 2. The zero-order chi connectivity index (χ0) is 18.3. The number of nitrogens with zero attached hydrogens (tertiary/aromatic N) is 2. The zero-order valence-electron chi connectivity index (χ0n) is 15.7. The third kappa shape index (κ3) is 3.13. The molecule has 0 saturated carbocycles. The Labute approximate surface area is 155 Å². The summed E-state index contributed by atoms with van der Waals surface area (Å²) in [5, 5.41) is 0. The molecule has 5 heteroatoms. The summed E-state index contributed by atoms with van der Waals surface area (Å²) in [6.07, 6.45) is 3.31. The summed E-state index contributed by atoms with van der Waals surface area (Å²) in [6, 6.07) is 8.15. The van der Waals surface area contributed by atoms with Gasteiger partial charge >= 0.3 is 0 Å². The lowest BCUT2D eigenvalue weighted by atomic mass is 9.84. The maximum atomic E-state index is 12.9. The maximum absolute atomic E-state index is 12.9. The molecule has 140 valence electrons. The van der Waals surface area contributed by atoms with Crippen molar-refractivity contribution in [3.63, 3.8) is 0 Å². The largest absolute Gasteiger partial charge is 0.375 e. The fourth-order valence-electron chi connectivity index (χ4n) is 4.34. The first-order valence-electron chi connectivity index (χ1n) is 9.80. The molecule has 1 spiro atoms. The van der Waals surface area contributed by atoms with E-state index in [-0.39, 0.29) is 23.3 Å². The van der Waals surface area contributed by atoms with E-state index in [1.54, 1.807) is 4.90 Å². The van der Waals surface area contributed by atoms with Gasteiger partial charge in [0.1, 0.15) is 0 Å². The number of hydrogen-bond donors (Lipinski definition) is 0. The van der Waals surface area contributed by atoms with Crippen molar-refractivity contribution in [2.24, 2.45) is 5.92 Å². The number of ether oxygens (including phenoxy) is 1. The minimum absolute atomic E-state index is 0.0481. The highest BCUT2D eigenvalue weighted by molar-refractivity contribution is 6.00. The average Bonchev–Trinajstić information content (AvgIpc) is 3.01. The van der Waals surface area contributed by atoms with E-state index >= 15 is 0 Å². The molecule has 1 aromatic rings. The van der Waals surface area contributed by atoms with Crippen molar-refractivity contribution >= 4 is 17.5 Å². The van der Waals surface area contributed by atoms with Crippen LogP contribution in [-0.2, 0) is 14.3 Å². The number of likely N-dealkylation sites (tertiary alicyclic amines) is 1. The van der Waals surface area contributed by atoms with Crippen LogP contribution in [0.5, 0.6) is 0 Å². The molecule has 3 heterocycles. The van der Waals surface area contributed by atoms with Crippen LogP contribution in [0.4, 0.5) is 5.69 Å². The molecule has 2 amide bonds. The second-order valence-corrected chi connectivity index (χ2v) is 8.26. The van der Waals surface area contributed by atoms with E-state index in [0.717, 1.165) is 44.6 Å². The van der Waals surface area contributed by atoms with Crippen LogP contribution in [0.15, 0.2) is 24.3 Å². The molecule has 0 aliphatic carbocycles. The number of hydrogen-bond acceptors (Lipinski definition) is 3. The highest BCUT2D eigenvalue weighted by Crippen LogP contribution is 2.37. The molecular formula is C21H28N2O3. The number of benzene rings is 1. The van der Waals surface area contributed by atoms with Crippen molar-refractivity contribution in [1.82, 2.24) is 4.90 Å². The minimum atomic E-state index is -0.219. The van der Waals surface area contributed by atoms with Gasteiger partial charge in [-0.05, 0) is 42.9 Å². The summed E-state index contributed by atoms with van der Waals surface area (Å²) in [5.74, 6) is 0.434. The van der Waals surface area contributed by atoms with Crippen molar-refractivity contribution in [3.05, 3.63) is 29.8 Å². The molecule has 1 atom stereocenters. The van der Waals surface area contributed by atoms with E-state index in [9.17, 15) is 9.59 Å². The van der Waals surface area contributed by atoms with E-state index in [1.807, 2.05) is 17.0 Å². The van der Waals surface area contributed by atoms with Crippen LogP contribution in [0.1, 0.15) is 51.0 Å². The standard InChI is InChI=1S/C21H28N2O3/c1-15(2)16-3-5-18(6-4-16)23-14-17(13-19(23)24)20(25)22-10-7-21(8-11-22)9-12-26-21/h3-6,15,17H,7-14H2,1-2H3/t17-/m0/s1. The molecule has 0 unspecified atom stereocenters. The number of amides is 2. The second-order valence-electron chi connectivity index (χ2n) is 8.26. The zero-order valence-corrected chi connectivity index (χ0v) is 15.7. The summed E-state index contributed by atoms with van der Waals surface area (Å²) in [6.45, 7) is 7.18. The average molecular weight is 356 g/mol. The van der Waals surface area contributed by atoms with Gasteiger partial charge in [-0.15, -0.1) is 0 Å².